The Morgan fingerprint density at radius 1 is 1.11 bits per heavy atom. The first-order valence-electron chi connectivity index (χ1n) is 10.1. The third-order valence-electron chi connectivity index (χ3n) is 5.91. The molecule has 2 aromatic heterocycles. The SMILES string of the molecule is Cc1nn[nH]c1C1(c2nnc(Oc3cccc(C(C)C)c3)n2C)CCCCC1. The zero-order chi connectivity index (χ0) is 19.7. The smallest absolute Gasteiger partial charge is 0.322 e. The number of aromatic nitrogens is 6. The van der Waals surface area contributed by atoms with Crippen molar-refractivity contribution >= 4 is 0 Å². The molecule has 7 nitrogen and oxygen atoms in total. The van der Waals surface area contributed by atoms with E-state index in [2.05, 4.69) is 51.6 Å². The number of rotatable bonds is 5. The largest absolute Gasteiger partial charge is 0.424 e. The monoisotopic (exact) mass is 380 g/mol. The summed E-state index contributed by atoms with van der Waals surface area (Å²) in [7, 11) is 1.98. The zero-order valence-electron chi connectivity index (χ0n) is 17.1. The maximum Gasteiger partial charge on any atom is 0.322 e. The van der Waals surface area contributed by atoms with Crippen molar-refractivity contribution in [2.24, 2.45) is 7.05 Å². The fraction of sp³-hybridized carbons (Fsp3) is 0.524. The van der Waals surface area contributed by atoms with Crippen molar-refractivity contribution in [3.05, 3.63) is 47.0 Å². The van der Waals surface area contributed by atoms with E-state index in [9.17, 15) is 0 Å². The van der Waals surface area contributed by atoms with E-state index in [4.69, 9.17) is 4.74 Å². The first kappa shape index (κ1) is 18.7. The summed E-state index contributed by atoms with van der Waals surface area (Å²) in [6.45, 7) is 6.35. The lowest BCUT2D eigenvalue weighted by atomic mass is 9.70. The van der Waals surface area contributed by atoms with Crippen LogP contribution in [0.4, 0.5) is 0 Å². The van der Waals surface area contributed by atoms with E-state index in [1.165, 1.54) is 12.0 Å². The Morgan fingerprint density at radius 3 is 2.57 bits per heavy atom. The third kappa shape index (κ3) is 3.19. The molecule has 1 fully saturated rings. The van der Waals surface area contributed by atoms with Gasteiger partial charge in [-0.15, -0.1) is 10.2 Å². The molecular formula is C21H28N6O. The lowest BCUT2D eigenvalue weighted by Crippen LogP contribution is -2.34. The standard InChI is InChI=1S/C21H28N6O/c1-14(2)16-9-8-10-17(13-16)28-20-25-24-19(27(20)4)21(11-6-5-7-12-21)18-15(3)22-26-23-18/h8-10,13-14H,5-7,11-12H2,1-4H3,(H,22,23,26). The number of ether oxygens (including phenoxy) is 1. The van der Waals surface area contributed by atoms with Gasteiger partial charge in [0.2, 0.25) is 0 Å². The summed E-state index contributed by atoms with van der Waals surface area (Å²) in [5, 5.41) is 20.3. The average Bonchev–Trinajstić information content (AvgIpc) is 3.29. The lowest BCUT2D eigenvalue weighted by Gasteiger charge is -2.35. The van der Waals surface area contributed by atoms with Crippen LogP contribution in [0.2, 0.25) is 0 Å². The van der Waals surface area contributed by atoms with Gasteiger partial charge in [0.25, 0.3) is 0 Å². The van der Waals surface area contributed by atoms with Crippen LogP contribution in [-0.2, 0) is 12.5 Å². The molecule has 1 aliphatic rings. The van der Waals surface area contributed by atoms with E-state index in [-0.39, 0.29) is 5.41 Å². The van der Waals surface area contributed by atoms with Gasteiger partial charge in [-0.05, 0) is 43.4 Å². The summed E-state index contributed by atoms with van der Waals surface area (Å²) in [6.07, 6.45) is 5.56. The number of hydrogen-bond acceptors (Lipinski definition) is 5. The molecule has 28 heavy (non-hydrogen) atoms. The summed E-state index contributed by atoms with van der Waals surface area (Å²) < 4.78 is 8.09. The molecular weight excluding hydrogens is 352 g/mol. The van der Waals surface area contributed by atoms with Crippen LogP contribution in [0, 0.1) is 6.92 Å². The van der Waals surface area contributed by atoms with Gasteiger partial charge in [-0.25, -0.2) is 0 Å². The van der Waals surface area contributed by atoms with Crippen LogP contribution in [0.3, 0.4) is 0 Å². The van der Waals surface area contributed by atoms with Gasteiger partial charge in [0, 0.05) is 7.05 Å². The van der Waals surface area contributed by atoms with E-state index >= 15 is 0 Å². The molecule has 0 unspecified atom stereocenters. The number of benzene rings is 1. The minimum atomic E-state index is -0.241. The topological polar surface area (TPSA) is 81.5 Å². The van der Waals surface area contributed by atoms with Crippen LogP contribution in [0.25, 0.3) is 0 Å². The zero-order valence-corrected chi connectivity index (χ0v) is 17.1. The average molecular weight is 380 g/mol. The Kier molecular flexibility index (Phi) is 4.91. The first-order valence-corrected chi connectivity index (χ1v) is 10.1. The van der Waals surface area contributed by atoms with Gasteiger partial charge in [0.1, 0.15) is 11.6 Å². The van der Waals surface area contributed by atoms with Gasteiger partial charge in [-0.3, -0.25) is 9.67 Å². The molecule has 0 aliphatic heterocycles. The molecule has 1 saturated carbocycles. The second-order valence-corrected chi connectivity index (χ2v) is 8.11. The van der Waals surface area contributed by atoms with Gasteiger partial charge in [-0.2, -0.15) is 0 Å². The molecule has 2 heterocycles. The molecule has 4 rings (SSSR count). The molecule has 0 spiro atoms. The van der Waals surface area contributed by atoms with Crippen LogP contribution in [0.5, 0.6) is 11.8 Å². The Bertz CT molecular complexity index is 951. The summed E-state index contributed by atoms with van der Waals surface area (Å²) in [6, 6.07) is 8.67. The fourth-order valence-electron chi connectivity index (χ4n) is 4.34. The Balaban J connectivity index is 1.70. The van der Waals surface area contributed by atoms with Crippen LogP contribution >= 0.6 is 0 Å². The molecule has 1 aromatic carbocycles. The lowest BCUT2D eigenvalue weighted by molar-refractivity contribution is 0.311. The highest BCUT2D eigenvalue weighted by molar-refractivity contribution is 5.34. The Morgan fingerprint density at radius 2 is 1.89 bits per heavy atom. The quantitative estimate of drug-likeness (QED) is 0.709. The van der Waals surface area contributed by atoms with Crippen molar-refractivity contribution in [1.82, 2.24) is 30.2 Å². The highest BCUT2D eigenvalue weighted by atomic mass is 16.5. The van der Waals surface area contributed by atoms with Gasteiger partial charge in [-0.1, -0.05) is 55.6 Å². The molecule has 148 valence electrons. The normalized spacial score (nSPS) is 16.5. The van der Waals surface area contributed by atoms with Crippen molar-refractivity contribution < 1.29 is 4.74 Å². The van der Waals surface area contributed by atoms with E-state index in [0.29, 0.717) is 11.9 Å². The fourth-order valence-corrected chi connectivity index (χ4v) is 4.34. The number of aromatic amines is 1. The predicted molar refractivity (Wildman–Crippen MR) is 107 cm³/mol. The van der Waals surface area contributed by atoms with Crippen molar-refractivity contribution in [3.63, 3.8) is 0 Å². The summed E-state index contributed by atoms with van der Waals surface area (Å²) in [4.78, 5) is 0. The Labute approximate surface area is 165 Å². The van der Waals surface area contributed by atoms with E-state index in [0.717, 1.165) is 48.6 Å². The molecule has 0 bridgehead atoms. The van der Waals surface area contributed by atoms with E-state index in [1.807, 2.05) is 30.7 Å². The molecule has 0 amide bonds. The summed E-state index contributed by atoms with van der Waals surface area (Å²) in [5.74, 6) is 2.14. The highest BCUT2D eigenvalue weighted by Gasteiger charge is 2.43. The van der Waals surface area contributed by atoms with Gasteiger partial charge in [0.05, 0.1) is 16.8 Å². The van der Waals surface area contributed by atoms with Crippen LogP contribution in [0.1, 0.15) is 74.6 Å². The molecule has 1 aliphatic carbocycles. The molecule has 1 N–H and O–H groups in total. The third-order valence-corrected chi connectivity index (χ3v) is 5.91. The van der Waals surface area contributed by atoms with Crippen molar-refractivity contribution in [2.75, 3.05) is 0 Å². The second kappa shape index (κ2) is 7.37. The van der Waals surface area contributed by atoms with Crippen LogP contribution in [0.15, 0.2) is 24.3 Å². The molecule has 7 heteroatoms. The number of nitrogens with zero attached hydrogens (tertiary/aromatic N) is 5. The number of hydrogen-bond donors (Lipinski definition) is 1. The molecule has 0 radical (unpaired) electrons. The number of H-pyrrole nitrogens is 1. The van der Waals surface area contributed by atoms with Gasteiger partial charge in [0.15, 0.2) is 0 Å². The maximum atomic E-state index is 6.11. The maximum absolute atomic E-state index is 6.11. The molecule has 0 saturated heterocycles. The van der Waals surface area contributed by atoms with Gasteiger partial charge < -0.3 is 4.74 Å². The van der Waals surface area contributed by atoms with Crippen molar-refractivity contribution in [3.8, 4) is 11.8 Å². The van der Waals surface area contributed by atoms with E-state index < -0.39 is 0 Å². The van der Waals surface area contributed by atoms with Crippen molar-refractivity contribution in [1.29, 1.82) is 0 Å². The van der Waals surface area contributed by atoms with E-state index in [1.54, 1.807) is 0 Å². The highest BCUT2D eigenvalue weighted by Crippen LogP contribution is 2.44. The van der Waals surface area contributed by atoms with Crippen LogP contribution in [-0.4, -0.2) is 30.2 Å². The van der Waals surface area contributed by atoms with Crippen molar-refractivity contribution in [2.45, 2.75) is 64.2 Å². The first-order chi connectivity index (χ1) is 13.5. The molecule has 3 aromatic rings. The minimum absolute atomic E-state index is 0.241. The van der Waals surface area contributed by atoms with Crippen LogP contribution < -0.4 is 4.74 Å². The summed E-state index contributed by atoms with van der Waals surface area (Å²) in [5.41, 5.74) is 2.98. The minimum Gasteiger partial charge on any atom is -0.424 e. The Hall–Kier alpha value is -2.70. The molecule has 0 atom stereocenters. The predicted octanol–water partition coefficient (Wildman–Crippen LogP) is 4.41. The second-order valence-electron chi connectivity index (χ2n) is 8.11. The summed E-state index contributed by atoms with van der Waals surface area (Å²) >= 11 is 0. The number of aryl methyl sites for hydroxylation is 1. The van der Waals surface area contributed by atoms with Gasteiger partial charge >= 0.3 is 6.01 Å². The number of nitrogens with one attached hydrogen (secondary N) is 1.